The molecule has 0 aromatic carbocycles. The molecule has 6 heteroatoms. The highest BCUT2D eigenvalue weighted by atomic mass is 32.2. The van der Waals surface area contributed by atoms with Crippen molar-refractivity contribution in [1.82, 2.24) is 4.72 Å². The van der Waals surface area contributed by atoms with Gasteiger partial charge in [-0.25, -0.2) is 8.78 Å². The van der Waals surface area contributed by atoms with Crippen LogP contribution < -0.4 is 4.72 Å². The first-order chi connectivity index (χ1) is 9.17. The van der Waals surface area contributed by atoms with Gasteiger partial charge in [-0.2, -0.15) is 0 Å². The second kappa shape index (κ2) is 5.62. The van der Waals surface area contributed by atoms with Crippen LogP contribution in [0.2, 0.25) is 0 Å². The summed E-state index contributed by atoms with van der Waals surface area (Å²) in [6, 6.07) is 0. The van der Waals surface area contributed by atoms with Gasteiger partial charge in [-0.1, -0.05) is 20.8 Å². The van der Waals surface area contributed by atoms with E-state index in [0.29, 0.717) is 6.42 Å². The monoisotopic (exact) mass is 325 g/mol. The quantitative estimate of drug-likeness (QED) is 0.764. The van der Waals surface area contributed by atoms with Crippen LogP contribution in [-0.4, -0.2) is 32.5 Å². The van der Waals surface area contributed by atoms with Crippen LogP contribution in [0.1, 0.15) is 54.9 Å². The molecule has 2 N–H and O–H groups in total. The Morgan fingerprint density at radius 1 is 1.10 bits per heavy atom. The van der Waals surface area contributed by atoms with Crippen LogP contribution in [0.25, 0.3) is 0 Å². The number of hydrogen-bond donors (Lipinski definition) is 2. The van der Waals surface area contributed by atoms with Crippen LogP contribution in [0.3, 0.4) is 0 Å². The summed E-state index contributed by atoms with van der Waals surface area (Å²) >= 11 is -1.62. The first-order valence-corrected chi connectivity index (χ1v) is 8.50. The molecule has 3 nitrogen and oxygen atoms in total. The van der Waals surface area contributed by atoms with Crippen LogP contribution in [0.5, 0.6) is 0 Å². The number of halogens is 2. The number of hydrogen-bond acceptors (Lipinski definition) is 3. The Morgan fingerprint density at radius 3 is 1.86 bits per heavy atom. The van der Waals surface area contributed by atoms with E-state index >= 15 is 0 Å². The summed E-state index contributed by atoms with van der Waals surface area (Å²) < 4.78 is 43.0. The van der Waals surface area contributed by atoms with E-state index in [9.17, 15) is 13.3 Å². The average molecular weight is 325 g/mol. The molecule has 0 aromatic rings. The second-order valence-corrected chi connectivity index (χ2v) is 10.3. The van der Waals surface area contributed by atoms with Crippen molar-refractivity contribution in [2.24, 2.45) is 17.3 Å². The zero-order chi connectivity index (χ0) is 16.9. The minimum absolute atomic E-state index is 0.0810. The molecule has 1 fully saturated rings. The number of aliphatic hydroxyl groups excluding tert-OH is 1. The zero-order valence-corrected chi connectivity index (χ0v) is 14.9. The topological polar surface area (TPSA) is 55.3 Å². The second-order valence-electron chi connectivity index (χ2n) is 8.36. The van der Waals surface area contributed by atoms with E-state index in [1.807, 2.05) is 20.8 Å². The van der Waals surface area contributed by atoms with Crippen LogP contribution in [-0.2, 0) is 11.4 Å². The lowest BCUT2D eigenvalue weighted by Crippen LogP contribution is -2.64. The lowest BCUT2D eigenvalue weighted by atomic mass is 9.81. The fourth-order valence-electron chi connectivity index (χ4n) is 2.72. The molecule has 0 aliphatic heterocycles. The van der Waals surface area contributed by atoms with Crippen molar-refractivity contribution in [2.45, 2.75) is 71.1 Å². The highest BCUT2D eigenvalue weighted by Gasteiger charge is 2.66. The first-order valence-electron chi connectivity index (χ1n) is 7.35. The van der Waals surface area contributed by atoms with Crippen LogP contribution in [0.4, 0.5) is 8.78 Å². The standard InChI is InChI=1S/C15H29F2NO2S/c1-12(2,3)10-8-11(10)14(7,15(16,17)9-19)18-21(20)13(4,5)6/h10-11,18-19H,8-9H2,1-7H3/t10-,11-,14+,21?/m0/s1. The van der Waals surface area contributed by atoms with Crippen LogP contribution in [0.15, 0.2) is 0 Å². The third-order valence-electron chi connectivity index (χ3n) is 4.46. The highest BCUT2D eigenvalue weighted by Crippen LogP contribution is 2.59. The minimum atomic E-state index is -3.32. The van der Waals surface area contributed by atoms with E-state index < -0.39 is 34.2 Å². The molecule has 0 radical (unpaired) electrons. The fourth-order valence-corrected chi connectivity index (χ4v) is 3.71. The van der Waals surface area contributed by atoms with Gasteiger partial charge in [0.15, 0.2) is 0 Å². The van der Waals surface area contributed by atoms with Crippen LogP contribution in [0, 0.1) is 17.3 Å². The predicted molar refractivity (Wildman–Crippen MR) is 82.5 cm³/mol. The van der Waals surface area contributed by atoms with Gasteiger partial charge < -0.3 is 9.66 Å². The molecule has 0 aromatic heterocycles. The Morgan fingerprint density at radius 2 is 1.57 bits per heavy atom. The molecular formula is C15H29F2NO2S. The summed E-state index contributed by atoms with van der Waals surface area (Å²) in [5, 5.41) is 9.12. The molecule has 4 atom stereocenters. The van der Waals surface area contributed by atoms with Crippen molar-refractivity contribution in [1.29, 1.82) is 0 Å². The molecule has 1 rings (SSSR count). The molecule has 1 aliphatic rings. The molecule has 126 valence electrons. The molecule has 1 aliphatic carbocycles. The molecule has 0 bridgehead atoms. The van der Waals surface area contributed by atoms with Crippen LogP contribution >= 0.6 is 0 Å². The number of rotatable bonds is 5. The van der Waals surface area contributed by atoms with E-state index in [2.05, 4.69) is 4.72 Å². The van der Waals surface area contributed by atoms with Crippen molar-refractivity contribution < 1.29 is 18.4 Å². The first kappa shape index (κ1) is 19.1. The molecule has 0 amide bonds. The molecule has 0 saturated heterocycles. The largest absolute Gasteiger partial charge is 0.598 e. The zero-order valence-electron chi connectivity index (χ0n) is 14.1. The highest BCUT2D eigenvalue weighted by molar-refractivity contribution is 7.90. The molecule has 21 heavy (non-hydrogen) atoms. The average Bonchev–Trinajstić information content (AvgIpc) is 3.06. The molecule has 1 unspecified atom stereocenters. The van der Waals surface area contributed by atoms with E-state index in [1.165, 1.54) is 6.92 Å². The van der Waals surface area contributed by atoms with E-state index in [4.69, 9.17) is 5.11 Å². The van der Waals surface area contributed by atoms with Gasteiger partial charge in [0.2, 0.25) is 0 Å². The Kier molecular flexibility index (Phi) is 5.12. The fraction of sp³-hybridized carbons (Fsp3) is 1.00. The normalized spacial score (nSPS) is 28.1. The van der Waals surface area contributed by atoms with Gasteiger partial charge in [0, 0.05) is 11.4 Å². The Bertz CT molecular complexity index is 379. The van der Waals surface area contributed by atoms with E-state index in [-0.39, 0.29) is 17.3 Å². The van der Waals surface area contributed by atoms with Gasteiger partial charge >= 0.3 is 0 Å². The van der Waals surface area contributed by atoms with Gasteiger partial charge in [-0.3, -0.25) is 0 Å². The lowest BCUT2D eigenvalue weighted by molar-refractivity contribution is -0.121. The SMILES string of the molecule is CC(C)(C)[C@H]1C[C@@H]1[C@@](C)(N[S+]([O-])C(C)(C)C)C(F)(F)CO. The maximum absolute atomic E-state index is 14.4. The smallest absolute Gasteiger partial charge is 0.292 e. The molecular weight excluding hydrogens is 296 g/mol. The molecule has 1 saturated carbocycles. The summed E-state index contributed by atoms with van der Waals surface area (Å²) in [5.41, 5.74) is -1.75. The van der Waals surface area contributed by atoms with Crippen molar-refractivity contribution in [3.8, 4) is 0 Å². The number of nitrogens with one attached hydrogen (secondary N) is 1. The summed E-state index contributed by atoms with van der Waals surface area (Å²) in [5.74, 6) is -3.49. The van der Waals surface area contributed by atoms with Gasteiger partial charge in [0.05, 0.1) is 0 Å². The van der Waals surface area contributed by atoms with Gasteiger partial charge in [-0.05, 0) is 51.4 Å². The van der Waals surface area contributed by atoms with Gasteiger partial charge in [0.1, 0.15) is 16.9 Å². The third-order valence-corrected chi connectivity index (χ3v) is 6.19. The summed E-state index contributed by atoms with van der Waals surface area (Å²) in [7, 11) is 0. The summed E-state index contributed by atoms with van der Waals surface area (Å²) in [6.45, 7) is 11.4. The summed E-state index contributed by atoms with van der Waals surface area (Å²) in [6.07, 6.45) is 0.657. The van der Waals surface area contributed by atoms with Gasteiger partial charge in [0.25, 0.3) is 5.92 Å². The Hall–Kier alpha value is 0.0900. The van der Waals surface area contributed by atoms with Crippen molar-refractivity contribution in [3.63, 3.8) is 0 Å². The third kappa shape index (κ3) is 3.89. The maximum Gasteiger partial charge on any atom is 0.292 e. The molecule has 0 spiro atoms. The van der Waals surface area contributed by atoms with E-state index in [0.717, 1.165) is 0 Å². The molecule has 0 heterocycles. The number of aliphatic hydroxyl groups is 1. The maximum atomic E-state index is 14.4. The predicted octanol–water partition coefficient (Wildman–Crippen LogP) is 3.11. The van der Waals surface area contributed by atoms with Crippen molar-refractivity contribution >= 4 is 11.4 Å². The minimum Gasteiger partial charge on any atom is -0.598 e. The van der Waals surface area contributed by atoms with Crippen molar-refractivity contribution in [2.75, 3.05) is 6.61 Å². The van der Waals surface area contributed by atoms with Crippen molar-refractivity contribution in [3.05, 3.63) is 0 Å². The Labute approximate surface area is 130 Å². The van der Waals surface area contributed by atoms with E-state index in [1.54, 1.807) is 20.8 Å². The number of alkyl halides is 2. The lowest BCUT2D eigenvalue weighted by Gasteiger charge is -2.40. The summed E-state index contributed by atoms with van der Waals surface area (Å²) in [4.78, 5) is 0. The Balaban J connectivity index is 3.05. The van der Waals surface area contributed by atoms with Gasteiger partial charge in [-0.15, -0.1) is 4.72 Å².